The van der Waals surface area contributed by atoms with E-state index in [0.717, 1.165) is 27.6 Å². The average Bonchev–Trinajstić information content (AvgIpc) is 2.98. The van der Waals surface area contributed by atoms with Crippen LogP contribution in [0.3, 0.4) is 0 Å². The third-order valence-corrected chi connectivity index (χ3v) is 5.18. The molecule has 1 heterocycles. The maximum absolute atomic E-state index is 13.1. The molecule has 0 N–H and O–H groups in total. The van der Waals surface area contributed by atoms with E-state index >= 15 is 0 Å². The van der Waals surface area contributed by atoms with Gasteiger partial charge in [-0.3, -0.25) is 4.79 Å². The highest BCUT2D eigenvalue weighted by molar-refractivity contribution is 7.13. The van der Waals surface area contributed by atoms with Crippen molar-refractivity contribution in [2.75, 3.05) is 6.54 Å². The van der Waals surface area contributed by atoms with Crippen LogP contribution >= 0.6 is 11.3 Å². The molecule has 2 aromatic carbocycles. The topological polar surface area (TPSA) is 33.2 Å². The summed E-state index contributed by atoms with van der Waals surface area (Å²) in [5.74, 6) is 0.0721. The Morgan fingerprint density at radius 2 is 1.56 bits per heavy atom. The number of rotatable bonds is 6. The number of thiazole rings is 1. The molecule has 0 saturated carbocycles. The summed E-state index contributed by atoms with van der Waals surface area (Å²) in [5, 5.41) is 0.934. The Kier molecular flexibility index (Phi) is 5.61. The summed E-state index contributed by atoms with van der Waals surface area (Å²) < 4.78 is 0. The number of aromatic nitrogens is 1. The highest BCUT2D eigenvalue weighted by Gasteiger charge is 2.21. The number of hydrogen-bond donors (Lipinski definition) is 0. The van der Waals surface area contributed by atoms with Gasteiger partial charge in [-0.1, -0.05) is 60.7 Å². The maximum atomic E-state index is 13.1. The Morgan fingerprint density at radius 3 is 2.12 bits per heavy atom. The molecule has 0 spiro atoms. The van der Waals surface area contributed by atoms with E-state index in [-0.39, 0.29) is 5.91 Å². The highest BCUT2D eigenvalue weighted by atomic mass is 32.1. The van der Waals surface area contributed by atoms with E-state index in [0.29, 0.717) is 13.1 Å². The Bertz CT molecular complexity index is 828. The molecule has 4 heteroatoms. The van der Waals surface area contributed by atoms with E-state index in [4.69, 9.17) is 0 Å². The molecule has 0 atom stereocenters. The fourth-order valence-corrected chi connectivity index (χ4v) is 3.73. The fraction of sp³-hybridized carbons (Fsp3) is 0.238. The number of aryl methyl sites for hydroxylation is 2. The maximum Gasteiger partial charge on any atom is 0.266 e. The summed E-state index contributed by atoms with van der Waals surface area (Å²) in [6.07, 6.45) is 0.843. The minimum absolute atomic E-state index is 0.0721. The number of carbonyl (C=O) groups excluding carboxylic acids is 1. The van der Waals surface area contributed by atoms with E-state index in [1.54, 1.807) is 0 Å². The lowest BCUT2D eigenvalue weighted by atomic mass is 10.1. The number of amides is 1. The van der Waals surface area contributed by atoms with Gasteiger partial charge in [0.05, 0.1) is 10.7 Å². The van der Waals surface area contributed by atoms with Crippen LogP contribution in [-0.2, 0) is 13.0 Å². The van der Waals surface area contributed by atoms with Crippen LogP contribution in [0.15, 0.2) is 60.7 Å². The minimum atomic E-state index is 0.0721. The number of hydrogen-bond acceptors (Lipinski definition) is 3. The first kappa shape index (κ1) is 17.4. The van der Waals surface area contributed by atoms with Crippen molar-refractivity contribution >= 4 is 17.2 Å². The van der Waals surface area contributed by atoms with E-state index in [1.165, 1.54) is 16.9 Å². The summed E-state index contributed by atoms with van der Waals surface area (Å²) in [7, 11) is 0. The van der Waals surface area contributed by atoms with Crippen LogP contribution in [0.4, 0.5) is 0 Å². The van der Waals surface area contributed by atoms with Gasteiger partial charge in [0, 0.05) is 13.1 Å². The summed E-state index contributed by atoms with van der Waals surface area (Å²) >= 11 is 1.48. The van der Waals surface area contributed by atoms with Crippen molar-refractivity contribution in [3.8, 4) is 0 Å². The van der Waals surface area contributed by atoms with Gasteiger partial charge in [-0.15, -0.1) is 11.3 Å². The quantitative estimate of drug-likeness (QED) is 0.648. The van der Waals surface area contributed by atoms with Crippen molar-refractivity contribution in [1.82, 2.24) is 9.88 Å². The molecule has 0 unspecified atom stereocenters. The molecule has 25 heavy (non-hydrogen) atoms. The standard InChI is InChI=1S/C21H22N2OS/c1-16-20(25-17(2)22-16)21(24)23(15-19-11-7-4-8-12-19)14-13-18-9-5-3-6-10-18/h3-12H,13-15H2,1-2H3. The fourth-order valence-electron chi connectivity index (χ4n) is 2.84. The van der Waals surface area contributed by atoms with Crippen LogP contribution in [0, 0.1) is 13.8 Å². The third-order valence-electron chi connectivity index (χ3n) is 4.11. The normalized spacial score (nSPS) is 10.6. The van der Waals surface area contributed by atoms with Gasteiger partial charge in [0.1, 0.15) is 4.88 Å². The lowest BCUT2D eigenvalue weighted by molar-refractivity contribution is 0.0749. The molecule has 0 aliphatic carbocycles. The number of nitrogens with zero attached hydrogens (tertiary/aromatic N) is 2. The van der Waals surface area contributed by atoms with Gasteiger partial charge >= 0.3 is 0 Å². The smallest absolute Gasteiger partial charge is 0.266 e. The zero-order valence-corrected chi connectivity index (χ0v) is 15.4. The molecule has 1 aromatic heterocycles. The number of carbonyl (C=O) groups is 1. The Balaban J connectivity index is 1.80. The second-order valence-electron chi connectivity index (χ2n) is 6.10. The Labute approximate surface area is 153 Å². The van der Waals surface area contributed by atoms with E-state index in [1.807, 2.05) is 55.1 Å². The Hall–Kier alpha value is -2.46. The third kappa shape index (κ3) is 4.54. The molecule has 0 aliphatic heterocycles. The van der Waals surface area contributed by atoms with Crippen LogP contribution in [0.2, 0.25) is 0 Å². The van der Waals surface area contributed by atoms with Gasteiger partial charge in [0.25, 0.3) is 5.91 Å². The molecule has 1 amide bonds. The van der Waals surface area contributed by atoms with Crippen LogP contribution in [0.1, 0.15) is 31.5 Å². The minimum Gasteiger partial charge on any atom is -0.333 e. The molecule has 3 nitrogen and oxygen atoms in total. The molecule has 0 radical (unpaired) electrons. The lowest BCUT2D eigenvalue weighted by Gasteiger charge is -2.22. The van der Waals surface area contributed by atoms with Crippen molar-refractivity contribution in [3.63, 3.8) is 0 Å². The predicted octanol–water partition coefficient (Wildman–Crippen LogP) is 4.65. The first-order valence-electron chi connectivity index (χ1n) is 8.44. The zero-order chi connectivity index (χ0) is 17.6. The van der Waals surface area contributed by atoms with Gasteiger partial charge in [-0.05, 0) is 31.4 Å². The molecule has 0 fully saturated rings. The van der Waals surface area contributed by atoms with Crippen molar-refractivity contribution in [3.05, 3.63) is 87.4 Å². The van der Waals surface area contributed by atoms with Crippen LogP contribution < -0.4 is 0 Å². The lowest BCUT2D eigenvalue weighted by Crippen LogP contribution is -2.32. The molecule has 0 saturated heterocycles. The average molecular weight is 350 g/mol. The second kappa shape index (κ2) is 8.08. The van der Waals surface area contributed by atoms with Gasteiger partial charge in [-0.2, -0.15) is 0 Å². The molecular formula is C21H22N2OS. The van der Waals surface area contributed by atoms with Gasteiger partial charge in [0.2, 0.25) is 0 Å². The highest BCUT2D eigenvalue weighted by Crippen LogP contribution is 2.21. The van der Waals surface area contributed by atoms with E-state index in [2.05, 4.69) is 29.2 Å². The first-order valence-corrected chi connectivity index (χ1v) is 9.26. The summed E-state index contributed by atoms with van der Waals surface area (Å²) in [5.41, 5.74) is 3.21. The summed E-state index contributed by atoms with van der Waals surface area (Å²) in [4.78, 5) is 20.2. The monoisotopic (exact) mass is 350 g/mol. The van der Waals surface area contributed by atoms with E-state index in [9.17, 15) is 4.79 Å². The van der Waals surface area contributed by atoms with E-state index < -0.39 is 0 Å². The van der Waals surface area contributed by atoms with Crippen molar-refractivity contribution in [1.29, 1.82) is 0 Å². The Morgan fingerprint density at radius 1 is 0.960 bits per heavy atom. The van der Waals surface area contributed by atoms with Gasteiger partial charge in [-0.25, -0.2) is 4.98 Å². The van der Waals surface area contributed by atoms with Crippen molar-refractivity contribution < 1.29 is 4.79 Å². The largest absolute Gasteiger partial charge is 0.333 e. The SMILES string of the molecule is Cc1nc(C)c(C(=O)N(CCc2ccccc2)Cc2ccccc2)s1. The summed E-state index contributed by atoms with van der Waals surface area (Å²) in [6, 6.07) is 20.4. The van der Waals surface area contributed by atoms with Crippen LogP contribution in [-0.4, -0.2) is 22.3 Å². The van der Waals surface area contributed by atoms with Gasteiger partial charge < -0.3 is 4.90 Å². The molecule has 0 aliphatic rings. The molecule has 3 rings (SSSR count). The molecular weight excluding hydrogens is 328 g/mol. The van der Waals surface area contributed by atoms with Crippen molar-refractivity contribution in [2.24, 2.45) is 0 Å². The first-order chi connectivity index (χ1) is 12.1. The molecule has 128 valence electrons. The zero-order valence-electron chi connectivity index (χ0n) is 14.6. The predicted molar refractivity (Wildman–Crippen MR) is 103 cm³/mol. The van der Waals surface area contributed by atoms with Crippen LogP contribution in [0.5, 0.6) is 0 Å². The summed E-state index contributed by atoms with van der Waals surface area (Å²) in [6.45, 7) is 5.16. The second-order valence-corrected chi connectivity index (χ2v) is 7.30. The van der Waals surface area contributed by atoms with Crippen molar-refractivity contribution in [2.45, 2.75) is 26.8 Å². The van der Waals surface area contributed by atoms with Crippen LogP contribution in [0.25, 0.3) is 0 Å². The van der Waals surface area contributed by atoms with Gasteiger partial charge in [0.15, 0.2) is 0 Å². The molecule has 0 bridgehead atoms. The number of benzene rings is 2. The molecule has 3 aromatic rings.